The largest absolute Gasteiger partial charge is 0.357 e. The molecule has 4 aliphatic rings. The highest BCUT2D eigenvalue weighted by Crippen LogP contribution is 2.39. The molecule has 2 saturated heterocycles. The van der Waals surface area contributed by atoms with E-state index in [-0.39, 0.29) is 18.0 Å². The lowest BCUT2D eigenvalue weighted by molar-refractivity contribution is 0.0699. The number of carbonyl (C=O) groups is 1. The van der Waals surface area contributed by atoms with Gasteiger partial charge in [-0.1, -0.05) is 0 Å². The van der Waals surface area contributed by atoms with Crippen LogP contribution in [-0.2, 0) is 6.54 Å². The molecule has 2 saturated carbocycles. The zero-order chi connectivity index (χ0) is 27.1. The molecule has 3 atom stereocenters. The molecule has 4 aromatic rings. The number of halogens is 1. The highest BCUT2D eigenvalue weighted by atomic mass is 19.1. The number of piperidine rings is 2. The maximum atomic E-state index is 15.7. The van der Waals surface area contributed by atoms with E-state index in [9.17, 15) is 4.79 Å². The van der Waals surface area contributed by atoms with E-state index in [1.165, 1.54) is 38.2 Å². The molecule has 1 amide bonds. The van der Waals surface area contributed by atoms with Crippen LogP contribution in [0.15, 0.2) is 30.5 Å². The lowest BCUT2D eigenvalue weighted by Crippen LogP contribution is -2.41. The summed E-state index contributed by atoms with van der Waals surface area (Å²) in [6.45, 7) is 5.55. The van der Waals surface area contributed by atoms with Crippen molar-refractivity contribution in [2.75, 3.05) is 24.5 Å². The molecule has 2 aliphatic heterocycles. The summed E-state index contributed by atoms with van der Waals surface area (Å²) in [5.74, 6) is 1.43. The first kappa shape index (κ1) is 24.3. The Balaban J connectivity index is 1.21. The summed E-state index contributed by atoms with van der Waals surface area (Å²) in [5.41, 5.74) is 10.5. The van der Waals surface area contributed by atoms with Gasteiger partial charge in [0.05, 0.1) is 11.3 Å². The fraction of sp³-hybridized carbons (Fsp3) is 0.516. The van der Waals surface area contributed by atoms with E-state index in [0.717, 1.165) is 66.3 Å². The van der Waals surface area contributed by atoms with Crippen molar-refractivity contribution in [2.24, 2.45) is 17.6 Å². The van der Waals surface area contributed by atoms with Crippen LogP contribution >= 0.6 is 0 Å². The molecule has 208 valence electrons. The summed E-state index contributed by atoms with van der Waals surface area (Å²) in [6.07, 6.45) is 9.81. The number of hydrogen-bond acceptors (Lipinski definition) is 5. The predicted molar refractivity (Wildman–Crippen MR) is 153 cm³/mol. The van der Waals surface area contributed by atoms with Gasteiger partial charge in [-0.25, -0.2) is 13.9 Å². The van der Waals surface area contributed by atoms with Crippen LogP contribution in [-0.4, -0.2) is 61.7 Å². The van der Waals surface area contributed by atoms with Gasteiger partial charge in [-0.3, -0.25) is 4.79 Å². The van der Waals surface area contributed by atoms with Crippen molar-refractivity contribution in [2.45, 2.75) is 70.5 Å². The molecule has 4 aromatic heterocycles. The third kappa shape index (κ3) is 3.77. The van der Waals surface area contributed by atoms with Crippen molar-refractivity contribution in [3.8, 4) is 11.4 Å². The highest BCUT2D eigenvalue weighted by Gasteiger charge is 2.47. The summed E-state index contributed by atoms with van der Waals surface area (Å²) in [5, 5.41) is 5.97. The number of anilines is 1. The number of pyridine rings is 2. The first-order valence-corrected chi connectivity index (χ1v) is 15.0. The van der Waals surface area contributed by atoms with Crippen LogP contribution in [0.4, 0.5) is 10.2 Å². The normalized spacial score (nSPS) is 24.6. The van der Waals surface area contributed by atoms with E-state index < -0.39 is 5.82 Å². The highest BCUT2D eigenvalue weighted by molar-refractivity contribution is 5.95. The van der Waals surface area contributed by atoms with Gasteiger partial charge in [-0.05, 0) is 88.0 Å². The van der Waals surface area contributed by atoms with Crippen molar-refractivity contribution in [1.29, 1.82) is 0 Å². The van der Waals surface area contributed by atoms with Crippen LogP contribution in [0, 0.1) is 24.6 Å². The van der Waals surface area contributed by atoms with Gasteiger partial charge in [0.25, 0.3) is 5.91 Å². The minimum Gasteiger partial charge on any atom is -0.357 e. The fourth-order valence-corrected chi connectivity index (χ4v) is 7.44. The second kappa shape index (κ2) is 9.03. The van der Waals surface area contributed by atoms with Gasteiger partial charge in [0.15, 0.2) is 0 Å². The van der Waals surface area contributed by atoms with Crippen LogP contribution in [0.5, 0.6) is 0 Å². The zero-order valence-electron chi connectivity index (χ0n) is 23.0. The van der Waals surface area contributed by atoms with Crippen LogP contribution in [0.25, 0.3) is 27.9 Å². The third-order valence-electron chi connectivity index (χ3n) is 9.87. The fourth-order valence-electron chi connectivity index (χ4n) is 7.44. The van der Waals surface area contributed by atoms with Gasteiger partial charge in [0, 0.05) is 55.4 Å². The predicted octanol–water partition coefficient (Wildman–Crippen LogP) is 4.76. The quantitative estimate of drug-likeness (QED) is 0.394. The lowest BCUT2D eigenvalue weighted by atomic mass is 10.1. The average Bonchev–Trinajstić information content (AvgIpc) is 3.37. The first-order chi connectivity index (χ1) is 19.5. The Morgan fingerprint density at radius 1 is 1.10 bits per heavy atom. The molecule has 3 unspecified atom stereocenters. The number of nitrogens with zero attached hydrogens (tertiary/aromatic N) is 6. The number of hydrogen-bond donors (Lipinski definition) is 1. The zero-order valence-corrected chi connectivity index (χ0v) is 23.0. The van der Waals surface area contributed by atoms with Crippen LogP contribution < -0.4 is 10.6 Å². The SMILES string of the molecule is Cc1c(-c2cc3ccc(N4CCCCC4)nc3n2CC2CC2)nn2cc(C(=O)N3CC4CCC3C4N)cc(F)c12. The van der Waals surface area contributed by atoms with Crippen molar-refractivity contribution in [3.63, 3.8) is 0 Å². The molecule has 2 aliphatic carbocycles. The van der Waals surface area contributed by atoms with Gasteiger partial charge in [0.2, 0.25) is 0 Å². The molecule has 8 nitrogen and oxygen atoms in total. The van der Waals surface area contributed by atoms with Crippen LogP contribution in [0.1, 0.15) is 60.9 Å². The third-order valence-corrected chi connectivity index (χ3v) is 9.87. The molecule has 2 N–H and O–H groups in total. The Bertz CT molecular complexity index is 1650. The molecule has 9 heteroatoms. The lowest BCUT2D eigenvalue weighted by Gasteiger charge is -2.27. The Kier molecular flexibility index (Phi) is 5.49. The van der Waals surface area contributed by atoms with E-state index in [1.54, 1.807) is 10.7 Å². The summed E-state index contributed by atoms with van der Waals surface area (Å²) in [6, 6.07) is 7.88. The second-order valence-corrected chi connectivity index (χ2v) is 12.5. The molecule has 2 bridgehead atoms. The van der Waals surface area contributed by atoms with E-state index in [2.05, 4.69) is 27.7 Å². The Morgan fingerprint density at radius 3 is 2.65 bits per heavy atom. The van der Waals surface area contributed by atoms with Gasteiger partial charge >= 0.3 is 0 Å². The van der Waals surface area contributed by atoms with E-state index in [1.807, 2.05) is 11.8 Å². The molecule has 6 heterocycles. The maximum absolute atomic E-state index is 15.7. The first-order valence-electron chi connectivity index (χ1n) is 15.0. The van der Waals surface area contributed by atoms with Crippen molar-refractivity contribution < 1.29 is 9.18 Å². The number of likely N-dealkylation sites (tertiary alicyclic amines) is 1. The Morgan fingerprint density at radius 2 is 1.93 bits per heavy atom. The topological polar surface area (TPSA) is 84.7 Å². The standard InChI is InChI=1S/C31H36FN7O/c1-18-28(35-39-17-22(13-23(32)29(18)39)31(40)38-16-21-7-9-24(38)27(21)33)25-14-20-8-10-26(36-11-3-2-4-12-36)34-30(20)37(25)15-19-5-6-19/h8,10,13-14,17,19,21,24,27H,2-7,9,11-12,15-16,33H2,1H3. The molecular weight excluding hydrogens is 505 g/mol. The molecule has 8 rings (SSSR count). The Labute approximate surface area is 232 Å². The maximum Gasteiger partial charge on any atom is 0.255 e. The Hall–Kier alpha value is -3.46. The molecule has 0 radical (unpaired) electrons. The number of carbonyl (C=O) groups excluding carboxylic acids is 1. The van der Waals surface area contributed by atoms with Gasteiger partial charge < -0.3 is 20.1 Å². The number of aromatic nitrogens is 4. The van der Waals surface area contributed by atoms with Crippen LogP contribution in [0.2, 0.25) is 0 Å². The number of rotatable bonds is 5. The smallest absolute Gasteiger partial charge is 0.255 e. The van der Waals surface area contributed by atoms with Crippen molar-refractivity contribution in [1.82, 2.24) is 24.1 Å². The van der Waals surface area contributed by atoms with Crippen molar-refractivity contribution >= 4 is 28.3 Å². The second-order valence-electron chi connectivity index (χ2n) is 12.5. The van der Waals surface area contributed by atoms with E-state index in [0.29, 0.717) is 29.5 Å². The van der Waals surface area contributed by atoms with Crippen molar-refractivity contribution in [3.05, 3.63) is 47.4 Å². The van der Waals surface area contributed by atoms with Gasteiger partial charge in [0.1, 0.15) is 28.5 Å². The summed E-state index contributed by atoms with van der Waals surface area (Å²) >= 11 is 0. The summed E-state index contributed by atoms with van der Waals surface area (Å²) in [4.78, 5) is 22.8. The van der Waals surface area contributed by atoms with E-state index in [4.69, 9.17) is 15.8 Å². The number of fused-ring (bicyclic) bond motifs is 4. The molecular formula is C31H36FN7O. The average molecular weight is 542 g/mol. The number of nitrogens with two attached hydrogens (primary N) is 1. The molecule has 0 spiro atoms. The minimum absolute atomic E-state index is 0.0218. The monoisotopic (exact) mass is 541 g/mol. The van der Waals surface area contributed by atoms with Gasteiger partial charge in [-0.15, -0.1) is 0 Å². The number of amides is 1. The summed E-state index contributed by atoms with van der Waals surface area (Å²) in [7, 11) is 0. The minimum atomic E-state index is -0.425. The van der Waals surface area contributed by atoms with Crippen LogP contribution in [0.3, 0.4) is 0 Å². The molecule has 0 aromatic carbocycles. The summed E-state index contributed by atoms with van der Waals surface area (Å²) < 4.78 is 19.5. The van der Waals surface area contributed by atoms with E-state index >= 15 is 4.39 Å². The van der Waals surface area contributed by atoms with Gasteiger partial charge in [-0.2, -0.15) is 5.10 Å². The number of aryl methyl sites for hydroxylation is 1. The molecule has 40 heavy (non-hydrogen) atoms. The molecule has 4 fully saturated rings.